The summed E-state index contributed by atoms with van der Waals surface area (Å²) in [5.41, 5.74) is 1.83. The van der Waals surface area contributed by atoms with Crippen molar-refractivity contribution in [2.45, 2.75) is 32.1 Å². The monoisotopic (exact) mass is 382 g/mol. The van der Waals surface area contributed by atoms with Crippen LogP contribution in [0.2, 0.25) is 0 Å². The van der Waals surface area contributed by atoms with Crippen molar-refractivity contribution >= 4 is 23.2 Å². The summed E-state index contributed by atoms with van der Waals surface area (Å²) >= 11 is 1.72. The van der Waals surface area contributed by atoms with Gasteiger partial charge in [-0.1, -0.05) is 30.3 Å². The van der Waals surface area contributed by atoms with Crippen molar-refractivity contribution in [3.8, 4) is 10.4 Å². The molecule has 27 heavy (non-hydrogen) atoms. The Morgan fingerprint density at radius 3 is 2.74 bits per heavy atom. The smallest absolute Gasteiger partial charge is 0.228 e. The molecule has 2 heterocycles. The van der Waals surface area contributed by atoms with Crippen molar-refractivity contribution in [1.29, 1.82) is 0 Å². The van der Waals surface area contributed by atoms with Crippen LogP contribution in [0.1, 0.15) is 31.2 Å². The fourth-order valence-corrected chi connectivity index (χ4v) is 5.08. The molecule has 4 rings (SSSR count). The number of carbonyl (C=O) groups is 2. The molecule has 0 spiro atoms. The molecule has 142 valence electrons. The molecule has 0 bridgehead atoms. The molecule has 4 nitrogen and oxygen atoms in total. The molecule has 2 aromatic rings. The van der Waals surface area contributed by atoms with E-state index in [4.69, 9.17) is 0 Å². The maximum Gasteiger partial charge on any atom is 0.228 e. The van der Waals surface area contributed by atoms with Crippen molar-refractivity contribution < 1.29 is 9.59 Å². The minimum absolute atomic E-state index is 0.0526. The maximum absolute atomic E-state index is 13.0. The average Bonchev–Trinajstić information content (AvgIpc) is 3.41. The molecule has 2 aliphatic rings. The molecular weight excluding hydrogens is 356 g/mol. The first-order valence-electron chi connectivity index (χ1n) is 9.76. The lowest BCUT2D eigenvalue weighted by Crippen LogP contribution is -2.54. The molecule has 0 unspecified atom stereocenters. The topological polar surface area (TPSA) is 49.4 Å². The van der Waals surface area contributed by atoms with Crippen LogP contribution in [-0.2, 0) is 16.0 Å². The quantitative estimate of drug-likeness (QED) is 0.857. The van der Waals surface area contributed by atoms with E-state index in [0.717, 1.165) is 32.2 Å². The highest BCUT2D eigenvalue weighted by molar-refractivity contribution is 7.13. The molecule has 1 N–H and O–H groups in total. The van der Waals surface area contributed by atoms with Gasteiger partial charge in [-0.2, -0.15) is 0 Å². The number of carbonyl (C=O) groups excluding carboxylic acids is 2. The molecule has 2 fully saturated rings. The third-order valence-corrected chi connectivity index (χ3v) is 6.76. The molecule has 0 radical (unpaired) electrons. The molecule has 1 aliphatic heterocycles. The molecule has 5 heteroatoms. The zero-order valence-corrected chi connectivity index (χ0v) is 16.6. The Kier molecular flexibility index (Phi) is 5.04. The Bertz CT molecular complexity index is 829. The lowest BCUT2D eigenvalue weighted by molar-refractivity contribution is -0.142. The van der Waals surface area contributed by atoms with E-state index in [0.29, 0.717) is 13.0 Å². The summed E-state index contributed by atoms with van der Waals surface area (Å²) in [7, 11) is 1.71. The standard InChI is InChI=1S/C22H26N2O2S/c1-23-21(26)22(11-5-12-24(15-22)20(25)16-9-10-16)14-17-6-2-3-7-18(17)19-8-4-13-27-19/h2-4,6-8,13,16H,5,9-12,14-15H2,1H3,(H,23,26)/t22-/m0/s1. The van der Waals surface area contributed by atoms with E-state index in [-0.39, 0.29) is 17.7 Å². The minimum atomic E-state index is -0.551. The van der Waals surface area contributed by atoms with Gasteiger partial charge in [0.15, 0.2) is 0 Å². The predicted octanol–water partition coefficient (Wildman–Crippen LogP) is 3.72. The molecule has 1 aromatic carbocycles. The van der Waals surface area contributed by atoms with Gasteiger partial charge in [0.2, 0.25) is 11.8 Å². The molecular formula is C22H26N2O2S. The fraction of sp³-hybridized carbons (Fsp3) is 0.455. The van der Waals surface area contributed by atoms with E-state index in [9.17, 15) is 9.59 Å². The van der Waals surface area contributed by atoms with E-state index in [1.165, 1.54) is 16.0 Å². The second kappa shape index (κ2) is 7.47. The molecule has 1 saturated heterocycles. The number of rotatable bonds is 5. The van der Waals surface area contributed by atoms with Crippen LogP contribution in [0.25, 0.3) is 10.4 Å². The number of hydrogen-bond acceptors (Lipinski definition) is 3. The van der Waals surface area contributed by atoms with Crippen LogP contribution in [0.4, 0.5) is 0 Å². The normalized spacial score (nSPS) is 22.5. The minimum Gasteiger partial charge on any atom is -0.359 e. The van der Waals surface area contributed by atoms with Crippen LogP contribution in [0.15, 0.2) is 41.8 Å². The predicted molar refractivity (Wildman–Crippen MR) is 108 cm³/mol. The largest absolute Gasteiger partial charge is 0.359 e. The number of amides is 2. The Labute approximate surface area is 164 Å². The Morgan fingerprint density at radius 2 is 2.04 bits per heavy atom. The third-order valence-electron chi connectivity index (χ3n) is 5.86. The van der Waals surface area contributed by atoms with Gasteiger partial charge < -0.3 is 10.2 Å². The number of benzene rings is 1. The Hall–Kier alpha value is -2.14. The van der Waals surface area contributed by atoms with Gasteiger partial charge in [0, 0.05) is 30.9 Å². The van der Waals surface area contributed by atoms with Crippen LogP contribution in [0, 0.1) is 11.3 Å². The van der Waals surface area contributed by atoms with Gasteiger partial charge in [0.1, 0.15) is 0 Å². The van der Waals surface area contributed by atoms with Gasteiger partial charge >= 0.3 is 0 Å². The van der Waals surface area contributed by atoms with E-state index < -0.39 is 5.41 Å². The number of likely N-dealkylation sites (tertiary alicyclic amines) is 1. The summed E-state index contributed by atoms with van der Waals surface area (Å²) < 4.78 is 0. The van der Waals surface area contributed by atoms with E-state index in [1.807, 2.05) is 11.0 Å². The van der Waals surface area contributed by atoms with Crippen molar-refractivity contribution in [3.05, 3.63) is 47.3 Å². The number of thiophene rings is 1. The molecule has 2 amide bonds. The van der Waals surface area contributed by atoms with Gasteiger partial charge in [-0.15, -0.1) is 11.3 Å². The van der Waals surface area contributed by atoms with Gasteiger partial charge in [0.25, 0.3) is 0 Å². The first kappa shape index (κ1) is 18.2. The van der Waals surface area contributed by atoms with Gasteiger partial charge in [0.05, 0.1) is 5.41 Å². The van der Waals surface area contributed by atoms with Crippen LogP contribution in [0.5, 0.6) is 0 Å². The van der Waals surface area contributed by atoms with E-state index in [2.05, 4.69) is 41.0 Å². The lowest BCUT2D eigenvalue weighted by Gasteiger charge is -2.42. The van der Waals surface area contributed by atoms with Crippen molar-refractivity contribution in [1.82, 2.24) is 10.2 Å². The van der Waals surface area contributed by atoms with Crippen molar-refractivity contribution in [2.75, 3.05) is 20.1 Å². The summed E-state index contributed by atoms with van der Waals surface area (Å²) in [6.07, 6.45) is 4.37. The van der Waals surface area contributed by atoms with Gasteiger partial charge in [-0.3, -0.25) is 9.59 Å². The first-order chi connectivity index (χ1) is 13.1. The summed E-state index contributed by atoms with van der Waals surface area (Å²) in [4.78, 5) is 28.8. The SMILES string of the molecule is CNC(=O)[C@]1(Cc2ccccc2-c2cccs2)CCCN(C(=O)C2CC2)C1. The van der Waals surface area contributed by atoms with E-state index in [1.54, 1.807) is 18.4 Å². The average molecular weight is 383 g/mol. The zero-order valence-electron chi connectivity index (χ0n) is 15.7. The first-order valence-corrected chi connectivity index (χ1v) is 10.6. The highest BCUT2D eigenvalue weighted by Crippen LogP contribution is 2.40. The number of nitrogens with zero attached hydrogens (tertiary/aromatic N) is 1. The van der Waals surface area contributed by atoms with Crippen molar-refractivity contribution in [3.63, 3.8) is 0 Å². The molecule has 1 saturated carbocycles. The van der Waals surface area contributed by atoms with Crippen LogP contribution >= 0.6 is 11.3 Å². The Morgan fingerprint density at radius 1 is 1.22 bits per heavy atom. The Balaban J connectivity index is 1.65. The summed E-state index contributed by atoms with van der Waals surface area (Å²) in [6.45, 7) is 1.31. The molecule has 1 aliphatic carbocycles. The number of piperidine rings is 1. The highest BCUT2D eigenvalue weighted by atomic mass is 32.1. The summed E-state index contributed by atoms with van der Waals surface area (Å²) in [5.74, 6) is 0.496. The second-order valence-corrected chi connectivity index (χ2v) is 8.76. The summed E-state index contributed by atoms with van der Waals surface area (Å²) in [5, 5.41) is 4.96. The molecule has 1 atom stereocenters. The second-order valence-electron chi connectivity index (χ2n) is 7.81. The van der Waals surface area contributed by atoms with Gasteiger partial charge in [-0.25, -0.2) is 0 Å². The fourth-order valence-electron chi connectivity index (χ4n) is 4.29. The number of hydrogen-bond donors (Lipinski definition) is 1. The van der Waals surface area contributed by atoms with Crippen molar-refractivity contribution in [2.24, 2.45) is 11.3 Å². The van der Waals surface area contributed by atoms with Crippen LogP contribution in [0.3, 0.4) is 0 Å². The van der Waals surface area contributed by atoms with Crippen LogP contribution in [-0.4, -0.2) is 36.9 Å². The highest BCUT2D eigenvalue weighted by Gasteiger charge is 2.45. The maximum atomic E-state index is 13.0. The summed E-state index contributed by atoms with van der Waals surface area (Å²) in [6, 6.07) is 12.5. The molecule has 1 aromatic heterocycles. The zero-order chi connectivity index (χ0) is 18.9. The van der Waals surface area contributed by atoms with Gasteiger partial charge in [-0.05, 0) is 54.7 Å². The van der Waals surface area contributed by atoms with Crippen LogP contribution < -0.4 is 5.32 Å². The number of nitrogens with one attached hydrogen (secondary N) is 1. The lowest BCUT2D eigenvalue weighted by atomic mass is 9.73. The van der Waals surface area contributed by atoms with E-state index >= 15 is 0 Å². The third kappa shape index (κ3) is 3.65.